The third-order valence-electron chi connectivity index (χ3n) is 3.24. The normalized spacial score (nSPS) is 15.5. The SMILES string of the molecule is Fc1cnc(N2CCN(c3cc(Cl)ccn3)CC2)cn1. The summed E-state index contributed by atoms with van der Waals surface area (Å²) in [7, 11) is 0. The predicted molar refractivity (Wildman–Crippen MR) is 75.7 cm³/mol. The zero-order chi connectivity index (χ0) is 13.9. The molecule has 0 unspecified atom stereocenters. The second-order valence-electron chi connectivity index (χ2n) is 4.50. The molecule has 2 aromatic rings. The van der Waals surface area contributed by atoms with E-state index in [0.717, 1.165) is 38.2 Å². The Morgan fingerprint density at radius 3 is 2.25 bits per heavy atom. The molecule has 0 aromatic carbocycles. The Morgan fingerprint density at radius 2 is 1.65 bits per heavy atom. The fraction of sp³-hybridized carbons (Fsp3) is 0.308. The van der Waals surface area contributed by atoms with Crippen molar-refractivity contribution in [2.75, 3.05) is 36.0 Å². The number of aromatic nitrogens is 3. The van der Waals surface area contributed by atoms with Gasteiger partial charge in [0.05, 0.1) is 12.4 Å². The molecule has 1 aliphatic heterocycles. The van der Waals surface area contributed by atoms with Crippen molar-refractivity contribution in [2.24, 2.45) is 0 Å². The molecule has 2 aromatic heterocycles. The van der Waals surface area contributed by atoms with Crippen molar-refractivity contribution in [1.82, 2.24) is 15.0 Å². The second kappa shape index (κ2) is 5.58. The van der Waals surface area contributed by atoms with Crippen LogP contribution in [-0.2, 0) is 0 Å². The van der Waals surface area contributed by atoms with Crippen LogP contribution in [0.4, 0.5) is 16.0 Å². The van der Waals surface area contributed by atoms with Gasteiger partial charge in [0.25, 0.3) is 0 Å². The zero-order valence-electron chi connectivity index (χ0n) is 10.7. The Kier molecular flexibility index (Phi) is 3.64. The summed E-state index contributed by atoms with van der Waals surface area (Å²) in [6, 6.07) is 3.62. The Morgan fingerprint density at radius 1 is 0.950 bits per heavy atom. The van der Waals surface area contributed by atoms with Crippen molar-refractivity contribution < 1.29 is 4.39 Å². The van der Waals surface area contributed by atoms with Crippen LogP contribution in [0.3, 0.4) is 0 Å². The molecular weight excluding hydrogens is 281 g/mol. The highest BCUT2D eigenvalue weighted by Gasteiger charge is 2.19. The highest BCUT2D eigenvalue weighted by Crippen LogP contribution is 2.19. The monoisotopic (exact) mass is 293 g/mol. The molecule has 3 heterocycles. The van der Waals surface area contributed by atoms with Crippen LogP contribution in [0.15, 0.2) is 30.7 Å². The minimum atomic E-state index is -0.560. The topological polar surface area (TPSA) is 45.2 Å². The van der Waals surface area contributed by atoms with Gasteiger partial charge in [-0.2, -0.15) is 4.39 Å². The molecule has 1 aliphatic rings. The number of nitrogens with zero attached hydrogens (tertiary/aromatic N) is 5. The van der Waals surface area contributed by atoms with Gasteiger partial charge in [-0.1, -0.05) is 11.6 Å². The molecule has 0 N–H and O–H groups in total. The summed E-state index contributed by atoms with van der Waals surface area (Å²) in [6.45, 7) is 3.20. The summed E-state index contributed by atoms with van der Waals surface area (Å²) in [5.41, 5.74) is 0. The Labute approximate surface area is 121 Å². The lowest BCUT2D eigenvalue weighted by atomic mass is 10.3. The first-order valence-corrected chi connectivity index (χ1v) is 6.69. The molecule has 0 saturated carbocycles. The molecule has 7 heteroatoms. The Balaban J connectivity index is 1.66. The van der Waals surface area contributed by atoms with E-state index < -0.39 is 5.95 Å². The van der Waals surface area contributed by atoms with Gasteiger partial charge >= 0.3 is 0 Å². The maximum Gasteiger partial charge on any atom is 0.231 e. The van der Waals surface area contributed by atoms with Crippen molar-refractivity contribution in [3.63, 3.8) is 0 Å². The molecule has 3 rings (SSSR count). The van der Waals surface area contributed by atoms with Gasteiger partial charge < -0.3 is 9.80 Å². The fourth-order valence-electron chi connectivity index (χ4n) is 2.20. The quantitative estimate of drug-likeness (QED) is 0.847. The lowest BCUT2D eigenvalue weighted by molar-refractivity contribution is 0.572. The molecule has 0 radical (unpaired) electrons. The Hall–Kier alpha value is -1.95. The van der Waals surface area contributed by atoms with Crippen LogP contribution in [0, 0.1) is 5.95 Å². The lowest BCUT2D eigenvalue weighted by Crippen LogP contribution is -2.47. The summed E-state index contributed by atoms with van der Waals surface area (Å²) in [5.74, 6) is 1.02. The lowest BCUT2D eigenvalue weighted by Gasteiger charge is -2.35. The van der Waals surface area contributed by atoms with Gasteiger partial charge in [0.2, 0.25) is 5.95 Å². The van der Waals surface area contributed by atoms with Crippen molar-refractivity contribution in [2.45, 2.75) is 0 Å². The van der Waals surface area contributed by atoms with Gasteiger partial charge in [-0.15, -0.1) is 0 Å². The van der Waals surface area contributed by atoms with Gasteiger partial charge in [-0.05, 0) is 12.1 Å². The van der Waals surface area contributed by atoms with Crippen LogP contribution in [0.5, 0.6) is 0 Å². The van der Waals surface area contributed by atoms with Crippen molar-refractivity contribution in [3.8, 4) is 0 Å². The number of piperazine rings is 1. The molecule has 0 spiro atoms. The van der Waals surface area contributed by atoms with Crippen molar-refractivity contribution in [3.05, 3.63) is 41.7 Å². The van der Waals surface area contributed by atoms with Crippen LogP contribution in [0.1, 0.15) is 0 Å². The van der Waals surface area contributed by atoms with Crippen molar-refractivity contribution in [1.29, 1.82) is 0 Å². The second-order valence-corrected chi connectivity index (χ2v) is 4.94. The average Bonchev–Trinajstić information content (AvgIpc) is 2.48. The number of halogens is 2. The number of rotatable bonds is 2. The summed E-state index contributed by atoms with van der Waals surface area (Å²) >= 11 is 5.97. The van der Waals surface area contributed by atoms with Gasteiger partial charge in [-0.25, -0.2) is 15.0 Å². The molecule has 0 amide bonds. The summed E-state index contributed by atoms with van der Waals surface area (Å²) in [6.07, 6.45) is 4.30. The minimum absolute atomic E-state index is 0.560. The van der Waals surface area contributed by atoms with E-state index in [2.05, 4.69) is 24.8 Å². The molecule has 0 atom stereocenters. The van der Waals surface area contributed by atoms with Crippen LogP contribution >= 0.6 is 11.6 Å². The number of anilines is 2. The van der Waals surface area contributed by atoms with Gasteiger partial charge in [0.15, 0.2) is 0 Å². The van der Waals surface area contributed by atoms with E-state index in [1.165, 1.54) is 6.20 Å². The molecule has 5 nitrogen and oxygen atoms in total. The molecule has 104 valence electrons. The molecule has 0 bridgehead atoms. The number of hydrogen-bond donors (Lipinski definition) is 0. The zero-order valence-corrected chi connectivity index (χ0v) is 11.5. The van der Waals surface area contributed by atoms with Gasteiger partial charge in [0, 0.05) is 37.4 Å². The van der Waals surface area contributed by atoms with Crippen molar-refractivity contribution >= 4 is 23.2 Å². The van der Waals surface area contributed by atoms with Crippen LogP contribution in [0.2, 0.25) is 5.02 Å². The van der Waals surface area contributed by atoms with E-state index in [9.17, 15) is 4.39 Å². The Bertz CT molecular complexity index is 584. The van der Waals surface area contributed by atoms with E-state index >= 15 is 0 Å². The summed E-state index contributed by atoms with van der Waals surface area (Å²) < 4.78 is 12.8. The van der Waals surface area contributed by atoms with E-state index in [4.69, 9.17) is 11.6 Å². The van der Waals surface area contributed by atoms with Gasteiger partial charge in [-0.3, -0.25) is 0 Å². The maximum absolute atomic E-state index is 12.8. The molecule has 20 heavy (non-hydrogen) atoms. The van der Waals surface area contributed by atoms with Crippen LogP contribution < -0.4 is 9.80 Å². The highest BCUT2D eigenvalue weighted by atomic mass is 35.5. The third-order valence-corrected chi connectivity index (χ3v) is 3.48. The molecule has 1 saturated heterocycles. The van der Waals surface area contributed by atoms with Gasteiger partial charge in [0.1, 0.15) is 11.6 Å². The maximum atomic E-state index is 12.8. The standard InChI is InChI=1S/C13H13ClFN5/c14-10-1-2-16-12(7-10)19-3-5-20(6-4-19)13-9-17-11(15)8-18-13/h1-2,7-9H,3-6H2. The minimum Gasteiger partial charge on any atom is -0.353 e. The third kappa shape index (κ3) is 2.80. The highest BCUT2D eigenvalue weighted by molar-refractivity contribution is 6.30. The van der Waals surface area contributed by atoms with E-state index in [0.29, 0.717) is 10.8 Å². The summed E-state index contributed by atoms with van der Waals surface area (Å²) in [4.78, 5) is 16.2. The van der Waals surface area contributed by atoms with Crippen LogP contribution in [-0.4, -0.2) is 41.1 Å². The number of pyridine rings is 1. The number of hydrogen-bond acceptors (Lipinski definition) is 5. The molecule has 0 aliphatic carbocycles. The average molecular weight is 294 g/mol. The first kappa shape index (κ1) is 13.1. The summed E-state index contributed by atoms with van der Waals surface area (Å²) in [5, 5.41) is 0.682. The predicted octanol–water partition coefficient (Wildman–Crippen LogP) is 1.99. The molecule has 1 fully saturated rings. The molecular formula is C13H13ClFN5. The fourth-order valence-corrected chi connectivity index (χ4v) is 2.35. The van der Waals surface area contributed by atoms with E-state index in [-0.39, 0.29) is 0 Å². The first-order valence-electron chi connectivity index (χ1n) is 6.31. The smallest absolute Gasteiger partial charge is 0.231 e. The van der Waals surface area contributed by atoms with Crippen LogP contribution in [0.25, 0.3) is 0 Å². The first-order chi connectivity index (χ1) is 9.72. The largest absolute Gasteiger partial charge is 0.353 e. The van der Waals surface area contributed by atoms with E-state index in [1.807, 2.05) is 6.07 Å². The van der Waals surface area contributed by atoms with E-state index in [1.54, 1.807) is 12.3 Å².